The van der Waals surface area contributed by atoms with Crippen molar-refractivity contribution in [2.75, 3.05) is 20.1 Å². The Hall–Kier alpha value is -0.640. The van der Waals surface area contributed by atoms with Crippen molar-refractivity contribution in [3.8, 4) is 0 Å². The number of alkyl halides is 2. The molecule has 2 aromatic carbocycles. The molecule has 0 bridgehead atoms. The average molecular weight is 493 g/mol. The first-order chi connectivity index (χ1) is 13.1. The third-order valence-electron chi connectivity index (χ3n) is 5.73. The molecule has 27 heavy (non-hydrogen) atoms. The standard InChI is InChI=1S/C24H31Br2N/c1-27(18-16-19-7-3-2-4-8-19)17-6-9-20-12-14-21(15-13-20)24-22(25)10-5-11-23(24)26/h2-4,7-8,12-15,22-24H,5-6,9-11,16-18H2,1H3. The fraction of sp³-hybridized carbons (Fsp3) is 0.500. The van der Waals surface area contributed by atoms with E-state index in [-0.39, 0.29) is 0 Å². The molecule has 146 valence electrons. The number of halogens is 2. The van der Waals surface area contributed by atoms with E-state index in [4.69, 9.17) is 0 Å². The molecule has 1 aliphatic rings. The lowest BCUT2D eigenvalue weighted by molar-refractivity contribution is 0.333. The van der Waals surface area contributed by atoms with Gasteiger partial charge in [-0.2, -0.15) is 0 Å². The quantitative estimate of drug-likeness (QED) is 0.375. The van der Waals surface area contributed by atoms with Gasteiger partial charge in [0.2, 0.25) is 0 Å². The summed E-state index contributed by atoms with van der Waals surface area (Å²) >= 11 is 7.81. The zero-order valence-corrected chi connectivity index (χ0v) is 19.5. The first kappa shape index (κ1) is 21.1. The Morgan fingerprint density at radius 2 is 1.44 bits per heavy atom. The predicted octanol–water partition coefficient (Wildman–Crippen LogP) is 6.59. The van der Waals surface area contributed by atoms with E-state index in [0.29, 0.717) is 15.6 Å². The molecule has 0 radical (unpaired) electrons. The summed E-state index contributed by atoms with van der Waals surface area (Å²) in [6.45, 7) is 2.29. The Morgan fingerprint density at radius 1 is 0.815 bits per heavy atom. The van der Waals surface area contributed by atoms with Crippen LogP contribution >= 0.6 is 31.9 Å². The Balaban J connectivity index is 1.42. The van der Waals surface area contributed by atoms with E-state index in [2.05, 4.69) is 98.4 Å². The number of hydrogen-bond donors (Lipinski definition) is 0. The molecule has 3 heteroatoms. The van der Waals surface area contributed by atoms with E-state index in [1.165, 1.54) is 42.4 Å². The van der Waals surface area contributed by atoms with Crippen molar-refractivity contribution in [3.05, 3.63) is 71.3 Å². The van der Waals surface area contributed by atoms with Crippen LogP contribution < -0.4 is 0 Å². The lowest BCUT2D eigenvalue weighted by atomic mass is 9.83. The smallest absolute Gasteiger partial charge is 0.0225 e. The van der Waals surface area contributed by atoms with Crippen molar-refractivity contribution in [3.63, 3.8) is 0 Å². The molecule has 1 nitrogen and oxygen atoms in total. The van der Waals surface area contributed by atoms with Gasteiger partial charge in [-0.25, -0.2) is 0 Å². The molecule has 2 atom stereocenters. The van der Waals surface area contributed by atoms with Gasteiger partial charge in [-0.3, -0.25) is 0 Å². The van der Waals surface area contributed by atoms with Crippen LogP contribution in [0.15, 0.2) is 54.6 Å². The van der Waals surface area contributed by atoms with Crippen LogP contribution in [0.25, 0.3) is 0 Å². The second-order valence-corrected chi connectivity index (χ2v) is 10.2. The minimum atomic E-state index is 0.594. The van der Waals surface area contributed by atoms with E-state index in [1.54, 1.807) is 0 Å². The van der Waals surface area contributed by atoms with Crippen molar-refractivity contribution in [2.45, 2.75) is 54.1 Å². The summed E-state index contributed by atoms with van der Waals surface area (Å²) in [6, 6.07) is 20.2. The largest absolute Gasteiger partial charge is 0.306 e. The van der Waals surface area contributed by atoms with E-state index >= 15 is 0 Å². The summed E-state index contributed by atoms with van der Waals surface area (Å²) in [5, 5.41) is 0. The molecule has 0 amide bonds. The number of likely N-dealkylation sites (N-methyl/N-ethyl adjacent to an activating group) is 1. The topological polar surface area (TPSA) is 3.24 Å². The van der Waals surface area contributed by atoms with Gasteiger partial charge in [-0.15, -0.1) is 0 Å². The van der Waals surface area contributed by atoms with Gasteiger partial charge in [-0.1, -0.05) is 92.9 Å². The van der Waals surface area contributed by atoms with Crippen LogP contribution in [-0.4, -0.2) is 34.7 Å². The van der Waals surface area contributed by atoms with Crippen LogP contribution in [-0.2, 0) is 12.8 Å². The first-order valence-electron chi connectivity index (χ1n) is 10.2. The van der Waals surface area contributed by atoms with Gasteiger partial charge in [0.25, 0.3) is 0 Å². The zero-order chi connectivity index (χ0) is 19.1. The van der Waals surface area contributed by atoms with Gasteiger partial charge in [-0.05, 0) is 62.4 Å². The summed E-state index contributed by atoms with van der Waals surface area (Å²) in [5.41, 5.74) is 4.36. The lowest BCUT2D eigenvalue weighted by Gasteiger charge is -2.32. The van der Waals surface area contributed by atoms with Crippen molar-refractivity contribution >= 4 is 31.9 Å². The van der Waals surface area contributed by atoms with Gasteiger partial charge >= 0.3 is 0 Å². The molecule has 0 N–H and O–H groups in total. The molecule has 2 unspecified atom stereocenters. The van der Waals surface area contributed by atoms with Crippen LogP contribution in [0.5, 0.6) is 0 Å². The number of hydrogen-bond acceptors (Lipinski definition) is 1. The predicted molar refractivity (Wildman–Crippen MR) is 124 cm³/mol. The van der Waals surface area contributed by atoms with Gasteiger partial charge in [0, 0.05) is 22.1 Å². The van der Waals surface area contributed by atoms with E-state index in [9.17, 15) is 0 Å². The van der Waals surface area contributed by atoms with Crippen LogP contribution in [0, 0.1) is 0 Å². The highest BCUT2D eigenvalue weighted by atomic mass is 79.9. The number of aryl methyl sites for hydroxylation is 1. The molecular formula is C24H31Br2N. The van der Waals surface area contributed by atoms with E-state index in [0.717, 1.165) is 25.9 Å². The van der Waals surface area contributed by atoms with Crippen molar-refractivity contribution in [1.29, 1.82) is 0 Å². The Bertz CT molecular complexity index is 661. The second-order valence-electron chi connectivity index (χ2n) is 7.87. The van der Waals surface area contributed by atoms with E-state index < -0.39 is 0 Å². The molecule has 0 heterocycles. The lowest BCUT2D eigenvalue weighted by Crippen LogP contribution is -2.26. The van der Waals surface area contributed by atoms with Crippen LogP contribution in [0.2, 0.25) is 0 Å². The average Bonchev–Trinajstić information content (AvgIpc) is 2.68. The Labute approximate surface area is 181 Å². The summed E-state index contributed by atoms with van der Waals surface area (Å²) in [7, 11) is 2.24. The monoisotopic (exact) mass is 491 g/mol. The van der Waals surface area contributed by atoms with Gasteiger partial charge < -0.3 is 4.90 Å². The molecule has 1 saturated carbocycles. The molecule has 3 rings (SSSR count). The highest BCUT2D eigenvalue weighted by Gasteiger charge is 2.31. The SMILES string of the molecule is CN(CCCc1ccc(C2C(Br)CCCC2Br)cc1)CCc1ccccc1. The van der Waals surface area contributed by atoms with Gasteiger partial charge in [0.15, 0.2) is 0 Å². The summed E-state index contributed by atoms with van der Waals surface area (Å²) in [5.74, 6) is 0.594. The molecule has 0 saturated heterocycles. The first-order valence-corrected chi connectivity index (χ1v) is 12.1. The normalized spacial score (nSPS) is 22.9. The molecule has 0 aromatic heterocycles. The van der Waals surface area contributed by atoms with Crippen molar-refractivity contribution < 1.29 is 0 Å². The maximum Gasteiger partial charge on any atom is 0.0225 e. The zero-order valence-electron chi connectivity index (χ0n) is 16.3. The Kier molecular flexibility index (Phi) is 8.42. The van der Waals surface area contributed by atoms with E-state index in [1.807, 2.05) is 0 Å². The summed E-state index contributed by atoms with van der Waals surface area (Å²) in [4.78, 5) is 3.65. The summed E-state index contributed by atoms with van der Waals surface area (Å²) < 4.78 is 0. The molecule has 2 aromatic rings. The minimum Gasteiger partial charge on any atom is -0.306 e. The van der Waals surface area contributed by atoms with Gasteiger partial charge in [0.05, 0.1) is 0 Å². The highest BCUT2D eigenvalue weighted by Crippen LogP contribution is 2.41. The molecular weight excluding hydrogens is 462 g/mol. The van der Waals surface area contributed by atoms with Crippen LogP contribution in [0.4, 0.5) is 0 Å². The minimum absolute atomic E-state index is 0.594. The maximum absolute atomic E-state index is 3.90. The third-order valence-corrected chi connectivity index (χ3v) is 7.79. The van der Waals surface area contributed by atoms with Gasteiger partial charge in [0.1, 0.15) is 0 Å². The second kappa shape index (κ2) is 10.8. The fourth-order valence-corrected chi connectivity index (χ4v) is 6.45. The maximum atomic E-state index is 3.90. The Morgan fingerprint density at radius 3 is 2.11 bits per heavy atom. The van der Waals surface area contributed by atoms with Crippen molar-refractivity contribution in [2.24, 2.45) is 0 Å². The number of benzene rings is 2. The van der Waals surface area contributed by atoms with Crippen LogP contribution in [0.3, 0.4) is 0 Å². The van der Waals surface area contributed by atoms with Crippen LogP contribution in [0.1, 0.15) is 48.3 Å². The highest BCUT2D eigenvalue weighted by molar-refractivity contribution is 9.10. The summed E-state index contributed by atoms with van der Waals surface area (Å²) in [6.07, 6.45) is 7.40. The fourth-order valence-electron chi connectivity index (χ4n) is 4.05. The third kappa shape index (κ3) is 6.44. The molecule has 0 aliphatic heterocycles. The van der Waals surface area contributed by atoms with Crippen molar-refractivity contribution in [1.82, 2.24) is 4.90 Å². The number of rotatable bonds is 8. The molecule has 1 aliphatic carbocycles. The molecule has 0 spiro atoms. The number of nitrogens with zero attached hydrogens (tertiary/aromatic N) is 1. The molecule has 1 fully saturated rings.